The summed E-state index contributed by atoms with van der Waals surface area (Å²) in [5, 5.41) is 10.3. The predicted octanol–water partition coefficient (Wildman–Crippen LogP) is 3.16. The molecule has 3 nitrogen and oxygen atoms in total. The summed E-state index contributed by atoms with van der Waals surface area (Å²) in [5.41, 5.74) is 3.31. The summed E-state index contributed by atoms with van der Waals surface area (Å²) in [6.45, 7) is 2.18. The van der Waals surface area contributed by atoms with E-state index in [0.29, 0.717) is 5.75 Å². The van der Waals surface area contributed by atoms with E-state index in [1.54, 1.807) is 0 Å². The number of nitriles is 1. The number of piperidine rings is 1. The maximum atomic E-state index is 9.51. The molecule has 1 saturated heterocycles. The molecule has 1 aromatic heterocycles. The molecular formula is C17H19N3S. The molecule has 2 aliphatic rings. The number of aromatic nitrogens is 1. The van der Waals surface area contributed by atoms with Gasteiger partial charge in [-0.25, -0.2) is 4.98 Å². The molecule has 0 atom stereocenters. The molecule has 1 aliphatic heterocycles. The number of hydrogen-bond donors (Lipinski definition) is 0. The van der Waals surface area contributed by atoms with Crippen molar-refractivity contribution in [1.29, 1.82) is 5.26 Å². The van der Waals surface area contributed by atoms with Crippen LogP contribution in [0.5, 0.6) is 0 Å². The number of terminal acetylenes is 1. The van der Waals surface area contributed by atoms with Gasteiger partial charge < -0.3 is 4.90 Å². The summed E-state index contributed by atoms with van der Waals surface area (Å²) in [7, 11) is 0. The van der Waals surface area contributed by atoms with E-state index in [1.807, 2.05) is 0 Å². The fourth-order valence-corrected chi connectivity index (χ4v) is 4.00. The van der Waals surface area contributed by atoms with Crippen molar-refractivity contribution < 1.29 is 0 Å². The molecule has 108 valence electrons. The molecule has 4 heteroatoms. The Morgan fingerprint density at radius 2 is 1.90 bits per heavy atom. The van der Waals surface area contributed by atoms with Crippen LogP contribution in [-0.2, 0) is 12.8 Å². The van der Waals surface area contributed by atoms with Gasteiger partial charge in [-0.2, -0.15) is 5.26 Å². The molecule has 0 unspecified atom stereocenters. The van der Waals surface area contributed by atoms with Gasteiger partial charge in [0.15, 0.2) is 0 Å². The summed E-state index contributed by atoms with van der Waals surface area (Å²) in [6.07, 6.45) is 12.4. The largest absolute Gasteiger partial charge is 0.356 e. The van der Waals surface area contributed by atoms with E-state index < -0.39 is 0 Å². The molecule has 0 aromatic carbocycles. The number of thioether (sulfide) groups is 1. The number of anilines is 1. The number of fused-ring (bicyclic) bond motifs is 1. The fraction of sp³-hybridized carbons (Fsp3) is 0.529. The zero-order chi connectivity index (χ0) is 14.7. The van der Waals surface area contributed by atoms with Crippen LogP contribution in [0.3, 0.4) is 0 Å². The lowest BCUT2D eigenvalue weighted by Gasteiger charge is -2.30. The van der Waals surface area contributed by atoms with Crippen LogP contribution in [0, 0.1) is 23.7 Å². The lowest BCUT2D eigenvalue weighted by Crippen LogP contribution is -2.31. The standard InChI is InChI=1S/C17H19N3S/c1-2-11-21-17-15(12-18)13-7-6-8-14(13)16(19-17)20-9-4-3-5-10-20/h1H,3-11H2. The predicted molar refractivity (Wildman–Crippen MR) is 86.6 cm³/mol. The average molecular weight is 297 g/mol. The summed E-state index contributed by atoms with van der Waals surface area (Å²) in [6, 6.07) is 2.36. The van der Waals surface area contributed by atoms with Gasteiger partial charge in [0, 0.05) is 13.1 Å². The lowest BCUT2D eigenvalue weighted by molar-refractivity contribution is 0.570. The third kappa shape index (κ3) is 2.74. The quantitative estimate of drug-likeness (QED) is 0.635. The van der Waals surface area contributed by atoms with Crippen molar-refractivity contribution in [2.75, 3.05) is 23.7 Å². The molecule has 2 heterocycles. The van der Waals surface area contributed by atoms with E-state index in [1.165, 1.54) is 42.2 Å². The summed E-state index contributed by atoms with van der Waals surface area (Å²) in [4.78, 5) is 7.26. The molecule has 1 aromatic rings. The zero-order valence-electron chi connectivity index (χ0n) is 12.2. The minimum atomic E-state index is 0.569. The van der Waals surface area contributed by atoms with Crippen LogP contribution in [0.15, 0.2) is 5.03 Å². The summed E-state index contributed by atoms with van der Waals surface area (Å²) >= 11 is 1.52. The third-order valence-electron chi connectivity index (χ3n) is 4.27. The van der Waals surface area contributed by atoms with Crippen molar-refractivity contribution in [2.45, 2.75) is 43.6 Å². The van der Waals surface area contributed by atoms with E-state index in [2.05, 4.69) is 16.9 Å². The van der Waals surface area contributed by atoms with Crippen LogP contribution in [0.2, 0.25) is 0 Å². The Labute approximate surface area is 130 Å². The second kappa shape index (κ2) is 6.41. The third-order valence-corrected chi connectivity index (χ3v) is 5.15. The first-order valence-corrected chi connectivity index (χ1v) is 8.60. The van der Waals surface area contributed by atoms with Crippen molar-refractivity contribution in [3.05, 3.63) is 16.7 Å². The maximum absolute atomic E-state index is 9.51. The van der Waals surface area contributed by atoms with Crippen molar-refractivity contribution in [3.8, 4) is 18.4 Å². The molecule has 0 spiro atoms. The van der Waals surface area contributed by atoms with Crippen LogP contribution in [0.1, 0.15) is 42.4 Å². The topological polar surface area (TPSA) is 39.9 Å². The van der Waals surface area contributed by atoms with Gasteiger partial charge >= 0.3 is 0 Å². The van der Waals surface area contributed by atoms with E-state index in [0.717, 1.165) is 48.8 Å². The number of hydrogen-bond acceptors (Lipinski definition) is 4. The molecule has 0 radical (unpaired) electrons. The number of pyridine rings is 1. The lowest BCUT2D eigenvalue weighted by atomic mass is 10.0. The Morgan fingerprint density at radius 3 is 2.62 bits per heavy atom. The highest BCUT2D eigenvalue weighted by atomic mass is 32.2. The maximum Gasteiger partial charge on any atom is 0.133 e. The first-order valence-electron chi connectivity index (χ1n) is 7.62. The van der Waals surface area contributed by atoms with E-state index >= 15 is 0 Å². The number of nitrogens with zero attached hydrogens (tertiary/aromatic N) is 3. The second-order valence-electron chi connectivity index (χ2n) is 5.58. The molecule has 0 bridgehead atoms. The van der Waals surface area contributed by atoms with Crippen LogP contribution >= 0.6 is 11.8 Å². The summed E-state index contributed by atoms with van der Waals surface area (Å²) in [5.74, 6) is 4.33. The Morgan fingerprint density at radius 1 is 1.14 bits per heavy atom. The molecule has 21 heavy (non-hydrogen) atoms. The first kappa shape index (κ1) is 14.3. The smallest absolute Gasteiger partial charge is 0.133 e. The van der Waals surface area contributed by atoms with Gasteiger partial charge in [-0.1, -0.05) is 17.7 Å². The van der Waals surface area contributed by atoms with Gasteiger partial charge in [-0.05, 0) is 49.7 Å². The molecule has 0 saturated carbocycles. The van der Waals surface area contributed by atoms with Gasteiger partial charge in [-0.15, -0.1) is 6.42 Å². The van der Waals surface area contributed by atoms with E-state index in [4.69, 9.17) is 11.4 Å². The second-order valence-corrected chi connectivity index (χ2v) is 6.54. The van der Waals surface area contributed by atoms with Crippen LogP contribution in [0.4, 0.5) is 5.82 Å². The Kier molecular flexibility index (Phi) is 4.36. The van der Waals surface area contributed by atoms with Gasteiger partial charge in [-0.3, -0.25) is 0 Å². The fourth-order valence-electron chi connectivity index (χ4n) is 3.31. The van der Waals surface area contributed by atoms with Gasteiger partial charge in [0.2, 0.25) is 0 Å². The molecular weight excluding hydrogens is 278 g/mol. The Bertz CT molecular complexity index is 618. The van der Waals surface area contributed by atoms with Crippen molar-refractivity contribution >= 4 is 17.6 Å². The Hall–Kier alpha value is -1.65. The first-order chi connectivity index (χ1) is 10.3. The molecule has 1 aliphatic carbocycles. The molecule has 1 fully saturated rings. The molecule has 3 rings (SSSR count). The Balaban J connectivity index is 2.05. The molecule has 0 N–H and O–H groups in total. The normalized spacial score (nSPS) is 17.1. The van der Waals surface area contributed by atoms with E-state index in [9.17, 15) is 5.26 Å². The highest BCUT2D eigenvalue weighted by Crippen LogP contribution is 2.37. The van der Waals surface area contributed by atoms with Crippen molar-refractivity contribution in [2.24, 2.45) is 0 Å². The van der Waals surface area contributed by atoms with Crippen LogP contribution in [0.25, 0.3) is 0 Å². The monoisotopic (exact) mass is 297 g/mol. The minimum absolute atomic E-state index is 0.569. The van der Waals surface area contributed by atoms with E-state index in [-0.39, 0.29) is 0 Å². The van der Waals surface area contributed by atoms with Crippen LogP contribution in [-0.4, -0.2) is 23.8 Å². The van der Waals surface area contributed by atoms with Gasteiger partial charge in [0.05, 0.1) is 11.3 Å². The van der Waals surface area contributed by atoms with Crippen molar-refractivity contribution in [3.63, 3.8) is 0 Å². The van der Waals surface area contributed by atoms with Crippen molar-refractivity contribution in [1.82, 2.24) is 4.98 Å². The number of rotatable bonds is 3. The van der Waals surface area contributed by atoms with Gasteiger partial charge in [0.25, 0.3) is 0 Å². The molecule has 0 amide bonds. The highest BCUT2D eigenvalue weighted by Gasteiger charge is 2.26. The highest BCUT2D eigenvalue weighted by molar-refractivity contribution is 7.99. The SMILES string of the molecule is C#CCSc1nc(N2CCCCC2)c2c(c1C#N)CCC2. The zero-order valence-corrected chi connectivity index (χ0v) is 13.0. The minimum Gasteiger partial charge on any atom is -0.356 e. The van der Waals surface area contributed by atoms with Crippen LogP contribution < -0.4 is 4.90 Å². The summed E-state index contributed by atoms with van der Waals surface area (Å²) < 4.78 is 0. The average Bonchev–Trinajstić information content (AvgIpc) is 3.02. The van der Waals surface area contributed by atoms with Gasteiger partial charge in [0.1, 0.15) is 16.9 Å².